The van der Waals surface area contributed by atoms with E-state index in [0.29, 0.717) is 5.56 Å². The smallest absolute Gasteiger partial charge is 0.104 e. The van der Waals surface area contributed by atoms with Gasteiger partial charge in [-0.15, -0.1) is 0 Å². The van der Waals surface area contributed by atoms with E-state index in [1.165, 1.54) is 0 Å². The fraction of sp³-hybridized carbons (Fsp3) is 0.0385. The summed E-state index contributed by atoms with van der Waals surface area (Å²) >= 11 is 0. The summed E-state index contributed by atoms with van der Waals surface area (Å²) in [4.78, 5) is 18.3. The van der Waals surface area contributed by atoms with Crippen LogP contribution in [-0.2, 0) is 0 Å². The molecule has 9 heteroatoms. The van der Waals surface area contributed by atoms with Crippen molar-refractivity contribution in [2.24, 2.45) is 0 Å². The van der Waals surface area contributed by atoms with Gasteiger partial charge in [0.25, 0.3) is 0 Å². The summed E-state index contributed by atoms with van der Waals surface area (Å²) in [5, 5.41) is 21.7. The summed E-state index contributed by atoms with van der Waals surface area (Å²) in [6, 6.07) is 81.4. The van der Waals surface area contributed by atoms with Crippen molar-refractivity contribution in [3.8, 4) is 73.3 Å². The van der Waals surface area contributed by atoms with E-state index in [2.05, 4.69) is 252 Å². The molecule has 0 radical (unpaired) electrons. The molecule has 0 aliphatic carbocycles. The molecule has 408 valence electrons. The summed E-state index contributed by atoms with van der Waals surface area (Å²) < 4.78 is 9.74. The van der Waals surface area contributed by atoms with Gasteiger partial charge in [0.15, 0.2) is 0 Å². The van der Waals surface area contributed by atoms with Crippen LogP contribution in [0.15, 0.2) is 268 Å². The minimum absolute atomic E-state index is 0.171. The van der Waals surface area contributed by atoms with E-state index < -0.39 is 0 Å². The zero-order valence-corrected chi connectivity index (χ0v) is 47.5. The molecule has 9 aromatic carbocycles. The maximum absolute atomic E-state index is 13.0. The van der Waals surface area contributed by atoms with Crippen molar-refractivity contribution in [1.29, 1.82) is 5.26 Å². The van der Waals surface area contributed by atoms with Crippen molar-refractivity contribution < 1.29 is 0 Å². The Bertz CT molecular complexity index is 5030. The van der Waals surface area contributed by atoms with Crippen LogP contribution >= 0.6 is 0 Å². The molecule has 0 bridgehead atoms. The highest BCUT2D eigenvalue weighted by molar-refractivity contribution is 6.17. The Morgan fingerprint density at radius 3 is 0.805 bits per heavy atom. The quantitative estimate of drug-likeness (QED) is 0.143. The molecule has 0 saturated heterocycles. The molecule has 8 heterocycles. The van der Waals surface area contributed by atoms with Crippen LogP contribution in [-0.4, -0.2) is 38.2 Å². The molecule has 17 rings (SSSR count). The normalized spacial score (nSPS) is 11.9. The van der Waals surface area contributed by atoms with E-state index in [1.54, 1.807) is 0 Å². The Morgan fingerprint density at radius 2 is 0.552 bits per heavy atom. The van der Waals surface area contributed by atoms with Gasteiger partial charge in [0.2, 0.25) is 0 Å². The van der Waals surface area contributed by atoms with Crippen molar-refractivity contribution in [3.63, 3.8) is 0 Å². The molecule has 0 N–H and O–H groups in total. The van der Waals surface area contributed by atoms with Gasteiger partial charge in [0.1, 0.15) is 11.6 Å². The first-order chi connectivity index (χ1) is 43.0. The number of nitrogens with zero attached hydrogens (tertiary/aromatic N) is 9. The SMILES string of the molecule is CC(C)c1c(-n2c3ccc(-c4cccnc4)cc3c3cc(-c4cccnc4)ccc32)c(-n2c3ccccc3c3ccccc32)c(C#N)c(-n2c3ccccc3c3ccccc32)c1-n1c2ccc(-c3cccnc3)cc2c2cc(-c3cccnc3)ccc21. The van der Waals surface area contributed by atoms with Gasteiger partial charge in [-0.1, -0.05) is 135 Å². The average Bonchev–Trinajstić information content (AvgIpc) is 1.63. The number of rotatable bonds is 9. The van der Waals surface area contributed by atoms with Crippen LogP contribution < -0.4 is 0 Å². The minimum Gasteiger partial charge on any atom is -0.307 e. The van der Waals surface area contributed by atoms with Crippen LogP contribution in [0, 0.1) is 11.3 Å². The molecule has 0 spiro atoms. The Balaban J connectivity index is 1.14. The lowest BCUT2D eigenvalue weighted by Gasteiger charge is -2.30. The third-order valence-corrected chi connectivity index (χ3v) is 17.7. The first-order valence-corrected chi connectivity index (χ1v) is 29.4. The molecule has 0 fully saturated rings. The molecule has 0 atom stereocenters. The van der Waals surface area contributed by atoms with Gasteiger partial charge in [0, 0.05) is 120 Å². The lowest BCUT2D eigenvalue weighted by molar-refractivity contribution is 0.833. The number of pyridine rings is 4. The number of hydrogen-bond donors (Lipinski definition) is 0. The van der Waals surface area contributed by atoms with Crippen LogP contribution in [0.2, 0.25) is 0 Å². The first-order valence-electron chi connectivity index (χ1n) is 29.4. The number of hydrogen-bond acceptors (Lipinski definition) is 5. The summed E-state index contributed by atoms with van der Waals surface area (Å²) in [5.41, 5.74) is 21.2. The van der Waals surface area contributed by atoms with E-state index in [-0.39, 0.29) is 5.92 Å². The molecule has 9 nitrogen and oxygen atoms in total. The number of aromatic nitrogens is 8. The van der Waals surface area contributed by atoms with Crippen molar-refractivity contribution in [1.82, 2.24) is 38.2 Å². The zero-order valence-electron chi connectivity index (χ0n) is 47.5. The van der Waals surface area contributed by atoms with Gasteiger partial charge in [-0.25, -0.2) is 0 Å². The fourth-order valence-corrected chi connectivity index (χ4v) is 14.0. The maximum atomic E-state index is 13.0. The van der Waals surface area contributed by atoms with E-state index in [1.807, 2.05) is 73.8 Å². The standard InChI is InChI=1S/C78H51N9/c1-48(2)74-77(86-70-31-27-49(53-15-11-35-80-44-53)39-61(70)62-40-50(28-32-71(62)86)54-16-12-36-81-45-54)75(84-66-23-7-3-19-57(66)58-20-4-8-24-67(58)84)65(43-79)76(85-68-25-9-5-21-59(68)60-22-6-10-26-69(60)85)78(74)87-72-33-29-51(55-17-13-37-82-46-55)41-63(72)64-42-52(30-34-73(64)87)56-18-14-38-83-47-56/h3-42,44-48H,1-2H3. The first kappa shape index (κ1) is 49.8. The van der Waals surface area contributed by atoms with Gasteiger partial charge in [-0.3, -0.25) is 19.9 Å². The Morgan fingerprint density at radius 1 is 0.287 bits per heavy atom. The average molecular weight is 1110 g/mol. The molecule has 0 amide bonds. The van der Waals surface area contributed by atoms with Crippen molar-refractivity contribution in [2.45, 2.75) is 19.8 Å². The largest absolute Gasteiger partial charge is 0.307 e. The topological polar surface area (TPSA) is 95.1 Å². The number of benzene rings is 9. The monoisotopic (exact) mass is 1110 g/mol. The van der Waals surface area contributed by atoms with Crippen LogP contribution in [0.3, 0.4) is 0 Å². The molecule has 8 aromatic heterocycles. The van der Waals surface area contributed by atoms with Crippen molar-refractivity contribution in [3.05, 3.63) is 279 Å². The van der Waals surface area contributed by atoms with E-state index in [9.17, 15) is 5.26 Å². The molecule has 0 unspecified atom stereocenters. The number of para-hydroxylation sites is 4. The highest BCUT2D eigenvalue weighted by atomic mass is 15.1. The van der Waals surface area contributed by atoms with Gasteiger partial charge < -0.3 is 18.3 Å². The fourth-order valence-electron chi connectivity index (χ4n) is 14.0. The van der Waals surface area contributed by atoms with Gasteiger partial charge in [-0.05, 0) is 125 Å². The molecule has 17 aromatic rings. The molecule has 0 saturated carbocycles. The van der Waals surface area contributed by atoms with Gasteiger partial charge in [-0.2, -0.15) is 5.26 Å². The van der Waals surface area contributed by atoms with Crippen molar-refractivity contribution >= 4 is 87.2 Å². The predicted molar refractivity (Wildman–Crippen MR) is 356 cm³/mol. The highest BCUT2D eigenvalue weighted by Gasteiger charge is 2.35. The van der Waals surface area contributed by atoms with Gasteiger partial charge in [0.05, 0.1) is 66.9 Å². The summed E-state index contributed by atoms with van der Waals surface area (Å²) in [6.45, 7) is 4.65. The second-order valence-corrected chi connectivity index (χ2v) is 22.8. The molecule has 0 aliphatic rings. The molecule has 87 heavy (non-hydrogen) atoms. The van der Waals surface area contributed by atoms with Crippen LogP contribution in [0.4, 0.5) is 0 Å². The second kappa shape index (κ2) is 19.7. The summed E-state index contributed by atoms with van der Waals surface area (Å²) in [7, 11) is 0. The van der Waals surface area contributed by atoms with Crippen LogP contribution in [0.25, 0.3) is 154 Å². The Labute approximate surface area is 500 Å². The van der Waals surface area contributed by atoms with E-state index in [0.717, 1.165) is 160 Å². The molecular weight excluding hydrogens is 1060 g/mol. The van der Waals surface area contributed by atoms with Crippen LogP contribution in [0.5, 0.6) is 0 Å². The lowest BCUT2D eigenvalue weighted by Crippen LogP contribution is -2.18. The predicted octanol–water partition coefficient (Wildman–Crippen LogP) is 19.3. The lowest BCUT2D eigenvalue weighted by atomic mass is 9.91. The maximum Gasteiger partial charge on any atom is 0.104 e. The van der Waals surface area contributed by atoms with Crippen LogP contribution in [0.1, 0.15) is 30.9 Å². The minimum atomic E-state index is -0.171. The van der Waals surface area contributed by atoms with E-state index in [4.69, 9.17) is 0 Å². The Hall–Kier alpha value is -11.7. The third-order valence-electron chi connectivity index (χ3n) is 17.7. The number of nitriles is 1. The Kier molecular flexibility index (Phi) is 11.3. The second-order valence-electron chi connectivity index (χ2n) is 22.8. The molecule has 0 aliphatic heterocycles. The zero-order chi connectivity index (χ0) is 57.9. The third kappa shape index (κ3) is 7.58. The highest BCUT2D eigenvalue weighted by Crippen LogP contribution is 2.51. The molecular formula is C78H51N9. The number of fused-ring (bicyclic) bond motifs is 12. The summed E-state index contributed by atoms with van der Waals surface area (Å²) in [5.74, 6) is -0.171. The summed E-state index contributed by atoms with van der Waals surface area (Å²) in [6.07, 6.45) is 15.0. The van der Waals surface area contributed by atoms with Gasteiger partial charge >= 0.3 is 0 Å². The van der Waals surface area contributed by atoms with E-state index >= 15 is 0 Å². The van der Waals surface area contributed by atoms with Crippen molar-refractivity contribution in [2.75, 3.05) is 0 Å².